The lowest BCUT2D eigenvalue weighted by Gasteiger charge is -2.07. The number of esters is 1. The van der Waals surface area contributed by atoms with Gasteiger partial charge in [0.2, 0.25) is 0 Å². The zero-order chi connectivity index (χ0) is 18.1. The lowest BCUT2D eigenvalue weighted by atomic mass is 9.99. The number of H-pyrrole nitrogens is 1. The van der Waals surface area contributed by atoms with Crippen LogP contribution in [0.2, 0.25) is 10.0 Å². The van der Waals surface area contributed by atoms with E-state index in [-0.39, 0.29) is 6.61 Å². The molecule has 6 heteroatoms. The summed E-state index contributed by atoms with van der Waals surface area (Å²) in [6, 6.07) is 10.6. The second-order valence-electron chi connectivity index (χ2n) is 5.70. The first-order valence-electron chi connectivity index (χ1n) is 7.88. The Kier molecular flexibility index (Phi) is 5.04. The van der Waals surface area contributed by atoms with Crippen molar-refractivity contribution in [2.24, 2.45) is 0 Å². The lowest BCUT2D eigenvalue weighted by Crippen LogP contribution is -2.06. The molecule has 130 valence electrons. The molecular formula is C19H17Cl2NO3. The summed E-state index contributed by atoms with van der Waals surface area (Å²) in [7, 11) is 0. The molecule has 4 nitrogen and oxygen atoms in total. The third kappa shape index (κ3) is 3.38. The third-order valence-electron chi connectivity index (χ3n) is 3.95. The molecular weight excluding hydrogens is 361 g/mol. The van der Waals surface area contributed by atoms with Crippen molar-refractivity contribution in [3.63, 3.8) is 0 Å². The number of carbonyl (C=O) groups excluding carboxylic acids is 1. The average Bonchev–Trinajstić information content (AvgIpc) is 2.93. The van der Waals surface area contributed by atoms with Crippen LogP contribution in [0.25, 0.3) is 22.0 Å². The Morgan fingerprint density at radius 2 is 1.92 bits per heavy atom. The number of hydrogen-bond acceptors (Lipinski definition) is 3. The summed E-state index contributed by atoms with van der Waals surface area (Å²) in [5, 5.41) is 11.8. The van der Waals surface area contributed by atoms with Gasteiger partial charge >= 0.3 is 5.97 Å². The summed E-state index contributed by atoms with van der Waals surface area (Å²) < 4.78 is 5.18. The predicted molar refractivity (Wildman–Crippen MR) is 100 cm³/mol. The van der Waals surface area contributed by atoms with Crippen LogP contribution < -0.4 is 0 Å². The number of hydrogen-bond donors (Lipinski definition) is 2. The molecule has 2 aromatic carbocycles. The molecule has 0 amide bonds. The van der Waals surface area contributed by atoms with E-state index in [0.717, 1.165) is 5.39 Å². The standard InChI is InChI=1S/C19H17Cl2NO3/c1-3-25-19(24)18-16(11-7-12(20)9-13(21)8-11)15-6-4-5-14(10(2)23)17(15)22-18/h4-10,22-23H,3H2,1-2H3. The summed E-state index contributed by atoms with van der Waals surface area (Å²) in [5.74, 6) is -0.471. The molecule has 0 aliphatic heterocycles. The molecule has 0 aliphatic rings. The molecule has 0 saturated heterocycles. The van der Waals surface area contributed by atoms with Gasteiger partial charge in [0.25, 0.3) is 0 Å². The van der Waals surface area contributed by atoms with Crippen molar-refractivity contribution in [1.82, 2.24) is 4.98 Å². The van der Waals surface area contributed by atoms with Gasteiger partial charge in [0.05, 0.1) is 18.2 Å². The maximum atomic E-state index is 12.5. The van der Waals surface area contributed by atoms with Crippen LogP contribution in [0.15, 0.2) is 36.4 Å². The minimum absolute atomic E-state index is 0.257. The van der Waals surface area contributed by atoms with Crippen molar-refractivity contribution in [3.8, 4) is 11.1 Å². The van der Waals surface area contributed by atoms with Gasteiger partial charge in [-0.25, -0.2) is 4.79 Å². The van der Waals surface area contributed by atoms with Crippen LogP contribution in [-0.2, 0) is 4.74 Å². The fraction of sp³-hybridized carbons (Fsp3) is 0.211. The van der Waals surface area contributed by atoms with Gasteiger partial charge < -0.3 is 14.8 Å². The Bertz CT molecular complexity index is 927. The Hall–Kier alpha value is -2.01. The minimum Gasteiger partial charge on any atom is -0.461 e. The molecule has 1 atom stereocenters. The van der Waals surface area contributed by atoms with Gasteiger partial charge in [-0.05, 0) is 37.6 Å². The van der Waals surface area contributed by atoms with Crippen molar-refractivity contribution in [2.45, 2.75) is 20.0 Å². The number of aromatic amines is 1. The van der Waals surface area contributed by atoms with Crippen LogP contribution in [-0.4, -0.2) is 22.7 Å². The Morgan fingerprint density at radius 3 is 2.52 bits per heavy atom. The highest BCUT2D eigenvalue weighted by molar-refractivity contribution is 6.35. The van der Waals surface area contributed by atoms with Crippen molar-refractivity contribution in [3.05, 3.63) is 57.7 Å². The number of aromatic nitrogens is 1. The molecule has 0 aliphatic carbocycles. The van der Waals surface area contributed by atoms with E-state index in [9.17, 15) is 9.90 Å². The highest BCUT2D eigenvalue weighted by Crippen LogP contribution is 2.38. The lowest BCUT2D eigenvalue weighted by molar-refractivity contribution is 0.0521. The van der Waals surface area contributed by atoms with Crippen molar-refractivity contribution in [1.29, 1.82) is 0 Å². The summed E-state index contributed by atoms with van der Waals surface area (Å²) in [4.78, 5) is 15.6. The van der Waals surface area contributed by atoms with Gasteiger partial charge in [0, 0.05) is 26.6 Å². The van der Waals surface area contributed by atoms with Gasteiger partial charge in [-0.15, -0.1) is 0 Å². The summed E-state index contributed by atoms with van der Waals surface area (Å²) in [5.41, 5.74) is 3.05. The van der Waals surface area contributed by atoms with Crippen molar-refractivity contribution >= 4 is 40.1 Å². The number of rotatable bonds is 4. The van der Waals surface area contributed by atoms with E-state index in [2.05, 4.69) is 4.98 Å². The minimum atomic E-state index is -0.687. The second-order valence-corrected chi connectivity index (χ2v) is 6.57. The summed E-state index contributed by atoms with van der Waals surface area (Å²) >= 11 is 12.3. The smallest absolute Gasteiger partial charge is 0.355 e. The fourth-order valence-corrected chi connectivity index (χ4v) is 3.47. The largest absolute Gasteiger partial charge is 0.461 e. The molecule has 0 bridgehead atoms. The molecule has 0 fully saturated rings. The van der Waals surface area contributed by atoms with Crippen molar-refractivity contribution < 1.29 is 14.6 Å². The first-order chi connectivity index (χ1) is 11.9. The fourth-order valence-electron chi connectivity index (χ4n) is 2.94. The Balaban J connectivity index is 2.36. The Morgan fingerprint density at radius 1 is 1.24 bits per heavy atom. The molecule has 25 heavy (non-hydrogen) atoms. The zero-order valence-electron chi connectivity index (χ0n) is 13.8. The van der Waals surface area contributed by atoms with Crippen LogP contribution in [0.1, 0.15) is 36.0 Å². The summed E-state index contributed by atoms with van der Waals surface area (Å²) in [6.45, 7) is 3.68. The van der Waals surface area contributed by atoms with Crippen LogP contribution in [0.3, 0.4) is 0 Å². The molecule has 1 unspecified atom stereocenters. The van der Waals surface area contributed by atoms with Crippen LogP contribution >= 0.6 is 23.2 Å². The van der Waals surface area contributed by atoms with E-state index in [0.29, 0.717) is 37.9 Å². The van der Waals surface area contributed by atoms with Gasteiger partial charge in [0.1, 0.15) is 5.69 Å². The first-order valence-corrected chi connectivity index (χ1v) is 8.64. The van der Waals surface area contributed by atoms with E-state index in [1.807, 2.05) is 18.2 Å². The molecule has 3 aromatic rings. The van der Waals surface area contributed by atoms with Gasteiger partial charge in [-0.1, -0.05) is 41.4 Å². The number of carbonyl (C=O) groups is 1. The third-order valence-corrected chi connectivity index (χ3v) is 4.38. The summed E-state index contributed by atoms with van der Waals surface area (Å²) in [6.07, 6.45) is -0.687. The molecule has 2 N–H and O–H groups in total. The monoisotopic (exact) mass is 377 g/mol. The molecule has 0 spiro atoms. The topological polar surface area (TPSA) is 62.3 Å². The highest BCUT2D eigenvalue weighted by Gasteiger charge is 2.23. The number of aliphatic hydroxyl groups is 1. The van der Waals surface area contributed by atoms with E-state index < -0.39 is 12.1 Å². The number of para-hydroxylation sites is 1. The number of aliphatic hydroxyl groups excluding tert-OH is 1. The SMILES string of the molecule is CCOC(=O)c1[nH]c2c(C(C)O)cccc2c1-c1cc(Cl)cc(Cl)c1. The maximum absolute atomic E-state index is 12.5. The van der Waals surface area contributed by atoms with E-state index in [1.54, 1.807) is 32.0 Å². The number of ether oxygens (including phenoxy) is 1. The quantitative estimate of drug-likeness (QED) is 0.600. The van der Waals surface area contributed by atoms with E-state index >= 15 is 0 Å². The van der Waals surface area contributed by atoms with Crippen LogP contribution in [0, 0.1) is 0 Å². The highest BCUT2D eigenvalue weighted by atomic mass is 35.5. The van der Waals surface area contributed by atoms with Crippen LogP contribution in [0.4, 0.5) is 0 Å². The molecule has 3 rings (SSSR count). The van der Waals surface area contributed by atoms with E-state index in [1.165, 1.54) is 0 Å². The first kappa shape index (κ1) is 17.8. The normalized spacial score (nSPS) is 12.4. The van der Waals surface area contributed by atoms with Crippen molar-refractivity contribution in [2.75, 3.05) is 6.61 Å². The molecule has 0 saturated carbocycles. The number of fused-ring (bicyclic) bond motifs is 1. The molecule has 1 heterocycles. The number of benzene rings is 2. The second kappa shape index (κ2) is 7.08. The van der Waals surface area contributed by atoms with Gasteiger partial charge in [-0.2, -0.15) is 0 Å². The number of nitrogens with one attached hydrogen (secondary N) is 1. The van der Waals surface area contributed by atoms with E-state index in [4.69, 9.17) is 27.9 Å². The number of halogens is 2. The maximum Gasteiger partial charge on any atom is 0.355 e. The predicted octanol–water partition coefficient (Wildman–Crippen LogP) is 5.37. The van der Waals surface area contributed by atoms with Gasteiger partial charge in [0.15, 0.2) is 0 Å². The molecule has 0 radical (unpaired) electrons. The van der Waals surface area contributed by atoms with Crippen LogP contribution in [0.5, 0.6) is 0 Å². The Labute approximate surface area is 155 Å². The average molecular weight is 378 g/mol. The molecule has 1 aromatic heterocycles. The van der Waals surface area contributed by atoms with Gasteiger partial charge in [-0.3, -0.25) is 0 Å². The zero-order valence-corrected chi connectivity index (χ0v) is 15.3.